The predicted molar refractivity (Wildman–Crippen MR) is 77.6 cm³/mol. The molecule has 0 unspecified atom stereocenters. The zero-order chi connectivity index (χ0) is 14.5. The molecule has 1 aromatic heterocycles. The van der Waals surface area contributed by atoms with Crippen molar-refractivity contribution in [2.75, 3.05) is 20.2 Å². The summed E-state index contributed by atoms with van der Waals surface area (Å²) in [7, 11) is 1.77. The van der Waals surface area contributed by atoms with Gasteiger partial charge in [-0.05, 0) is 38.8 Å². The molecule has 1 aromatic rings. The second-order valence-electron chi connectivity index (χ2n) is 5.25. The van der Waals surface area contributed by atoms with E-state index in [2.05, 4.69) is 10.3 Å². The van der Waals surface area contributed by atoms with Crippen LogP contribution in [0.4, 0.5) is 0 Å². The lowest BCUT2D eigenvalue weighted by Gasteiger charge is -2.16. The van der Waals surface area contributed by atoms with Crippen LogP contribution in [0, 0.1) is 6.92 Å². The fourth-order valence-corrected chi connectivity index (χ4v) is 1.81. The first kappa shape index (κ1) is 14.8. The maximum atomic E-state index is 11.8. The summed E-state index contributed by atoms with van der Waals surface area (Å²) in [5.74, 6) is 0.677. The second kappa shape index (κ2) is 6.70. The molecular weight excluding hydrogens is 254 g/mol. The van der Waals surface area contributed by atoms with E-state index in [1.165, 1.54) is 12.8 Å². The lowest BCUT2D eigenvalue weighted by Crippen LogP contribution is -2.31. The number of rotatable bonds is 7. The average Bonchev–Trinajstić information content (AvgIpc) is 3.27. The molecule has 2 rings (SSSR count). The van der Waals surface area contributed by atoms with Crippen molar-refractivity contribution in [3.8, 4) is 5.75 Å². The highest BCUT2D eigenvalue weighted by Gasteiger charge is 2.21. The summed E-state index contributed by atoms with van der Waals surface area (Å²) in [6.07, 6.45) is 2.48. The van der Waals surface area contributed by atoms with Crippen LogP contribution < -0.4 is 10.1 Å². The number of amides is 1. The molecule has 0 aliphatic heterocycles. The largest absolute Gasteiger partial charge is 0.482 e. The van der Waals surface area contributed by atoms with E-state index in [-0.39, 0.29) is 12.5 Å². The Balaban J connectivity index is 1.96. The smallest absolute Gasteiger partial charge is 0.260 e. The minimum atomic E-state index is -0.0193. The molecule has 5 heteroatoms. The van der Waals surface area contributed by atoms with Gasteiger partial charge in [-0.25, -0.2) is 0 Å². The van der Waals surface area contributed by atoms with Crippen LogP contribution in [0.25, 0.3) is 0 Å². The van der Waals surface area contributed by atoms with Gasteiger partial charge in [-0.15, -0.1) is 0 Å². The summed E-state index contributed by atoms with van der Waals surface area (Å²) in [6.45, 7) is 5.34. The molecule has 0 radical (unpaired) electrons. The molecule has 1 N–H and O–H groups in total. The molecule has 1 fully saturated rings. The Morgan fingerprint density at radius 1 is 1.50 bits per heavy atom. The Labute approximate surface area is 120 Å². The molecule has 1 heterocycles. The van der Waals surface area contributed by atoms with Gasteiger partial charge in [0.25, 0.3) is 5.91 Å². The zero-order valence-electron chi connectivity index (χ0n) is 12.5. The zero-order valence-corrected chi connectivity index (χ0v) is 12.5. The molecule has 1 aliphatic carbocycles. The first-order chi connectivity index (χ1) is 9.60. The van der Waals surface area contributed by atoms with Gasteiger partial charge in [0.15, 0.2) is 6.61 Å². The van der Waals surface area contributed by atoms with Crippen molar-refractivity contribution >= 4 is 5.91 Å². The first-order valence-corrected chi connectivity index (χ1v) is 7.16. The maximum absolute atomic E-state index is 11.8. The average molecular weight is 277 g/mol. The van der Waals surface area contributed by atoms with Gasteiger partial charge in [-0.2, -0.15) is 0 Å². The van der Waals surface area contributed by atoms with Gasteiger partial charge in [-0.3, -0.25) is 9.78 Å². The molecule has 20 heavy (non-hydrogen) atoms. The second-order valence-corrected chi connectivity index (χ2v) is 5.25. The van der Waals surface area contributed by atoms with Crippen molar-refractivity contribution in [2.24, 2.45) is 0 Å². The van der Waals surface area contributed by atoms with Crippen molar-refractivity contribution in [2.45, 2.75) is 39.3 Å². The van der Waals surface area contributed by atoms with Gasteiger partial charge >= 0.3 is 0 Å². The molecule has 0 saturated heterocycles. The number of carbonyl (C=O) groups excluding carboxylic acids is 1. The number of carbonyl (C=O) groups is 1. The van der Waals surface area contributed by atoms with Crippen LogP contribution in [-0.2, 0) is 11.3 Å². The van der Waals surface area contributed by atoms with E-state index in [1.807, 2.05) is 26.0 Å². The number of nitrogens with one attached hydrogen (secondary N) is 1. The van der Waals surface area contributed by atoms with Crippen LogP contribution in [0.15, 0.2) is 12.1 Å². The van der Waals surface area contributed by atoms with Gasteiger partial charge in [0.05, 0.1) is 5.69 Å². The Morgan fingerprint density at radius 3 is 2.90 bits per heavy atom. The number of likely N-dealkylation sites (N-methyl/N-ethyl adjacent to an activating group) is 1. The van der Waals surface area contributed by atoms with Crippen LogP contribution in [0.5, 0.6) is 5.75 Å². The predicted octanol–water partition coefficient (Wildman–Crippen LogP) is 1.50. The van der Waals surface area contributed by atoms with Gasteiger partial charge < -0.3 is 15.0 Å². The molecule has 0 aromatic carbocycles. The number of pyridine rings is 1. The highest BCUT2D eigenvalue weighted by molar-refractivity contribution is 5.77. The summed E-state index contributed by atoms with van der Waals surface area (Å²) in [5.41, 5.74) is 1.84. The minimum absolute atomic E-state index is 0.0193. The Morgan fingerprint density at radius 2 is 2.25 bits per heavy atom. The summed E-state index contributed by atoms with van der Waals surface area (Å²) in [4.78, 5) is 17.9. The summed E-state index contributed by atoms with van der Waals surface area (Å²) >= 11 is 0. The van der Waals surface area contributed by atoms with Gasteiger partial charge in [0.1, 0.15) is 5.75 Å². The van der Waals surface area contributed by atoms with Crippen LogP contribution in [0.1, 0.15) is 31.2 Å². The van der Waals surface area contributed by atoms with Gasteiger partial charge in [0, 0.05) is 31.9 Å². The SMILES string of the molecule is CCN(C)C(=O)COc1ccc(C)nc1CNC1CC1. The number of aryl methyl sites for hydroxylation is 1. The lowest BCUT2D eigenvalue weighted by atomic mass is 10.3. The lowest BCUT2D eigenvalue weighted by molar-refractivity contribution is -0.131. The maximum Gasteiger partial charge on any atom is 0.260 e. The highest BCUT2D eigenvalue weighted by Crippen LogP contribution is 2.22. The van der Waals surface area contributed by atoms with Crippen molar-refractivity contribution < 1.29 is 9.53 Å². The third kappa shape index (κ3) is 4.20. The van der Waals surface area contributed by atoms with Crippen molar-refractivity contribution in [3.05, 3.63) is 23.5 Å². The monoisotopic (exact) mass is 277 g/mol. The molecule has 0 atom stereocenters. The van der Waals surface area contributed by atoms with Crippen molar-refractivity contribution in [1.29, 1.82) is 0 Å². The number of nitrogens with zero attached hydrogens (tertiary/aromatic N) is 2. The van der Waals surface area contributed by atoms with Crippen LogP contribution in [0.3, 0.4) is 0 Å². The molecule has 0 spiro atoms. The third-order valence-electron chi connectivity index (χ3n) is 3.46. The highest BCUT2D eigenvalue weighted by atomic mass is 16.5. The molecule has 5 nitrogen and oxygen atoms in total. The van der Waals surface area contributed by atoms with E-state index in [4.69, 9.17) is 4.74 Å². The molecule has 110 valence electrons. The number of ether oxygens (including phenoxy) is 1. The number of aromatic nitrogens is 1. The van der Waals surface area contributed by atoms with E-state index in [1.54, 1.807) is 11.9 Å². The van der Waals surface area contributed by atoms with Crippen molar-refractivity contribution in [3.63, 3.8) is 0 Å². The van der Waals surface area contributed by atoms with Gasteiger partial charge in [0.2, 0.25) is 0 Å². The van der Waals surface area contributed by atoms with E-state index in [9.17, 15) is 4.79 Å². The van der Waals surface area contributed by atoms with Crippen molar-refractivity contribution in [1.82, 2.24) is 15.2 Å². The fourth-order valence-electron chi connectivity index (χ4n) is 1.81. The van der Waals surface area contributed by atoms with Crippen LogP contribution in [0.2, 0.25) is 0 Å². The number of hydrogen-bond donors (Lipinski definition) is 1. The molecule has 0 bridgehead atoms. The topological polar surface area (TPSA) is 54.5 Å². The third-order valence-corrected chi connectivity index (χ3v) is 3.46. The van der Waals surface area contributed by atoms with E-state index in [0.29, 0.717) is 24.9 Å². The molecule has 1 aliphatic rings. The Hall–Kier alpha value is -1.62. The summed E-state index contributed by atoms with van der Waals surface area (Å²) in [6, 6.07) is 4.42. The van der Waals surface area contributed by atoms with Crippen LogP contribution in [-0.4, -0.2) is 42.0 Å². The Bertz CT molecular complexity index is 472. The fraction of sp³-hybridized carbons (Fsp3) is 0.600. The standard InChI is InChI=1S/C15H23N3O2/c1-4-18(3)15(19)10-20-14-8-5-11(2)17-13(14)9-16-12-6-7-12/h5,8,12,16H,4,6-7,9-10H2,1-3H3. The van der Waals surface area contributed by atoms with Gasteiger partial charge in [-0.1, -0.05) is 0 Å². The van der Waals surface area contributed by atoms with Crippen LogP contribution >= 0.6 is 0 Å². The normalized spacial score (nSPS) is 14.2. The summed E-state index contributed by atoms with van der Waals surface area (Å²) in [5, 5.41) is 3.42. The van der Waals surface area contributed by atoms with E-state index < -0.39 is 0 Å². The Kier molecular flexibility index (Phi) is 4.95. The van der Waals surface area contributed by atoms with E-state index in [0.717, 1.165) is 11.4 Å². The quantitative estimate of drug-likeness (QED) is 0.820. The molecule has 1 saturated carbocycles. The minimum Gasteiger partial charge on any atom is -0.482 e. The first-order valence-electron chi connectivity index (χ1n) is 7.16. The molecule has 1 amide bonds. The summed E-state index contributed by atoms with van der Waals surface area (Å²) < 4.78 is 5.64. The van der Waals surface area contributed by atoms with E-state index >= 15 is 0 Å². The number of hydrogen-bond acceptors (Lipinski definition) is 4. The molecular formula is C15H23N3O2.